The third-order valence-corrected chi connectivity index (χ3v) is 5.25. The van der Waals surface area contributed by atoms with E-state index in [4.69, 9.17) is 4.42 Å². The minimum atomic E-state index is -0.444. The van der Waals surface area contributed by atoms with Gasteiger partial charge in [0, 0.05) is 30.0 Å². The molecule has 0 spiro atoms. The van der Waals surface area contributed by atoms with Gasteiger partial charge in [0.1, 0.15) is 5.58 Å². The van der Waals surface area contributed by atoms with Crippen LogP contribution in [0.2, 0.25) is 0 Å². The summed E-state index contributed by atoms with van der Waals surface area (Å²) in [6, 6.07) is 5.54. The Bertz CT molecular complexity index is 792. The van der Waals surface area contributed by atoms with Crippen LogP contribution in [0.1, 0.15) is 29.5 Å². The molecule has 5 nitrogen and oxygen atoms in total. The van der Waals surface area contributed by atoms with Gasteiger partial charge in [-0.25, -0.2) is 4.79 Å². The summed E-state index contributed by atoms with van der Waals surface area (Å²) in [5.41, 5.74) is 3.04. The second kappa shape index (κ2) is 6.67. The smallest absolute Gasteiger partial charge is 0.336 e. The topological polar surface area (TPSA) is 73.9 Å². The van der Waals surface area contributed by atoms with E-state index in [1.165, 1.54) is 0 Å². The Balaban J connectivity index is 1.95. The molecule has 1 aromatic heterocycles. The standard InChI is InChI=1S/C19H25NO4/c1-13-6-16-15(8-18(23)24-17(16)7-14(13)2)9-20-5-3-4-19(10-20,11-21)12-22/h6-8,21-22H,3-5,9-12H2,1-2H3. The summed E-state index contributed by atoms with van der Waals surface area (Å²) in [6.45, 7) is 6.16. The number of hydrogen-bond acceptors (Lipinski definition) is 5. The lowest BCUT2D eigenvalue weighted by atomic mass is 9.81. The lowest BCUT2D eigenvalue weighted by Gasteiger charge is -2.40. The fourth-order valence-electron chi connectivity index (χ4n) is 3.61. The zero-order chi connectivity index (χ0) is 17.3. The van der Waals surface area contributed by atoms with E-state index < -0.39 is 5.41 Å². The zero-order valence-corrected chi connectivity index (χ0v) is 14.3. The van der Waals surface area contributed by atoms with E-state index in [1.807, 2.05) is 19.9 Å². The highest BCUT2D eigenvalue weighted by atomic mass is 16.4. The van der Waals surface area contributed by atoms with Crippen LogP contribution in [0.15, 0.2) is 27.4 Å². The van der Waals surface area contributed by atoms with Crippen LogP contribution in [0.25, 0.3) is 11.0 Å². The summed E-state index contributed by atoms with van der Waals surface area (Å²) in [6.07, 6.45) is 1.76. The number of aryl methyl sites for hydroxylation is 2. The minimum absolute atomic E-state index is 0.0179. The first-order chi connectivity index (χ1) is 11.5. The maximum absolute atomic E-state index is 11.9. The van der Waals surface area contributed by atoms with Gasteiger partial charge in [0.2, 0.25) is 0 Å². The van der Waals surface area contributed by atoms with Crippen LogP contribution < -0.4 is 5.63 Å². The van der Waals surface area contributed by atoms with E-state index in [1.54, 1.807) is 6.07 Å². The molecule has 0 saturated carbocycles. The molecule has 0 radical (unpaired) electrons. The number of fused-ring (bicyclic) bond motifs is 1. The van der Waals surface area contributed by atoms with Gasteiger partial charge >= 0.3 is 5.63 Å². The van der Waals surface area contributed by atoms with E-state index in [0.29, 0.717) is 18.7 Å². The summed E-state index contributed by atoms with van der Waals surface area (Å²) in [7, 11) is 0. The summed E-state index contributed by atoms with van der Waals surface area (Å²) >= 11 is 0. The zero-order valence-electron chi connectivity index (χ0n) is 14.3. The normalized spacial score (nSPS) is 18.2. The van der Waals surface area contributed by atoms with Crippen LogP contribution in [0.3, 0.4) is 0 Å². The van der Waals surface area contributed by atoms with Crippen LogP contribution in [0, 0.1) is 19.3 Å². The Morgan fingerprint density at radius 1 is 1.17 bits per heavy atom. The van der Waals surface area contributed by atoms with Crippen molar-refractivity contribution >= 4 is 11.0 Å². The van der Waals surface area contributed by atoms with Gasteiger partial charge in [-0.3, -0.25) is 4.90 Å². The average Bonchev–Trinajstić information content (AvgIpc) is 2.57. The predicted octanol–water partition coefficient (Wildman–Crippen LogP) is 1.98. The predicted molar refractivity (Wildman–Crippen MR) is 93.1 cm³/mol. The minimum Gasteiger partial charge on any atom is -0.423 e. The van der Waals surface area contributed by atoms with Gasteiger partial charge in [-0.1, -0.05) is 0 Å². The van der Waals surface area contributed by atoms with E-state index in [-0.39, 0.29) is 18.8 Å². The number of nitrogens with zero attached hydrogens (tertiary/aromatic N) is 1. The van der Waals surface area contributed by atoms with Crippen molar-refractivity contribution in [1.29, 1.82) is 0 Å². The lowest BCUT2D eigenvalue weighted by Crippen LogP contribution is -2.47. The molecule has 0 unspecified atom stereocenters. The van der Waals surface area contributed by atoms with Crippen molar-refractivity contribution in [2.24, 2.45) is 5.41 Å². The van der Waals surface area contributed by atoms with Gasteiger partial charge in [-0.2, -0.15) is 0 Å². The van der Waals surface area contributed by atoms with E-state index in [9.17, 15) is 15.0 Å². The first kappa shape index (κ1) is 17.1. The number of benzene rings is 1. The number of hydrogen-bond donors (Lipinski definition) is 2. The van der Waals surface area contributed by atoms with Crippen molar-refractivity contribution in [2.75, 3.05) is 26.3 Å². The highest BCUT2D eigenvalue weighted by molar-refractivity contribution is 5.81. The van der Waals surface area contributed by atoms with Crippen LogP contribution in [0.5, 0.6) is 0 Å². The fourth-order valence-corrected chi connectivity index (χ4v) is 3.61. The molecule has 1 fully saturated rings. The van der Waals surface area contributed by atoms with Crippen LogP contribution >= 0.6 is 0 Å². The molecule has 0 bridgehead atoms. The summed E-state index contributed by atoms with van der Waals surface area (Å²) in [5.74, 6) is 0. The third-order valence-electron chi connectivity index (χ3n) is 5.25. The number of aliphatic hydroxyl groups is 2. The number of rotatable bonds is 4. The molecule has 130 valence electrons. The van der Waals surface area contributed by atoms with Gasteiger partial charge < -0.3 is 14.6 Å². The Hall–Kier alpha value is -1.69. The molecule has 2 N–H and O–H groups in total. The van der Waals surface area contributed by atoms with Gasteiger partial charge in [-0.05, 0) is 62.1 Å². The van der Waals surface area contributed by atoms with E-state index in [2.05, 4.69) is 11.0 Å². The second-order valence-electron chi connectivity index (χ2n) is 7.15. The van der Waals surface area contributed by atoms with Gasteiger partial charge in [0.25, 0.3) is 0 Å². The molecular weight excluding hydrogens is 306 g/mol. The molecule has 1 aliphatic rings. The Kier molecular flexibility index (Phi) is 4.76. The highest BCUT2D eigenvalue weighted by Gasteiger charge is 2.34. The van der Waals surface area contributed by atoms with E-state index >= 15 is 0 Å². The largest absolute Gasteiger partial charge is 0.423 e. The summed E-state index contributed by atoms with van der Waals surface area (Å²) in [5, 5.41) is 20.3. The second-order valence-corrected chi connectivity index (χ2v) is 7.15. The SMILES string of the molecule is Cc1cc2oc(=O)cc(CN3CCCC(CO)(CO)C3)c2cc1C. The van der Waals surface area contributed by atoms with E-state index in [0.717, 1.165) is 41.5 Å². The molecule has 2 aromatic rings. The lowest BCUT2D eigenvalue weighted by molar-refractivity contribution is -0.0131. The van der Waals surface area contributed by atoms with Crippen molar-refractivity contribution in [2.45, 2.75) is 33.2 Å². The third kappa shape index (κ3) is 3.24. The fraction of sp³-hybridized carbons (Fsp3) is 0.526. The number of piperidine rings is 1. The molecule has 1 aliphatic heterocycles. The Labute approximate surface area is 141 Å². The van der Waals surface area contributed by atoms with Crippen molar-refractivity contribution < 1.29 is 14.6 Å². The summed E-state index contributed by atoms with van der Waals surface area (Å²) in [4.78, 5) is 14.1. The van der Waals surface area contributed by atoms with Gasteiger partial charge in [0.05, 0.1) is 13.2 Å². The quantitative estimate of drug-likeness (QED) is 0.838. The van der Waals surface area contributed by atoms with Crippen LogP contribution in [0.4, 0.5) is 0 Å². The molecule has 0 amide bonds. The number of likely N-dealkylation sites (tertiary alicyclic amines) is 1. The monoisotopic (exact) mass is 331 g/mol. The Morgan fingerprint density at radius 2 is 1.88 bits per heavy atom. The number of aliphatic hydroxyl groups excluding tert-OH is 2. The van der Waals surface area contributed by atoms with Crippen LogP contribution in [-0.4, -0.2) is 41.4 Å². The van der Waals surface area contributed by atoms with Gasteiger partial charge in [0.15, 0.2) is 0 Å². The van der Waals surface area contributed by atoms with Gasteiger partial charge in [-0.15, -0.1) is 0 Å². The first-order valence-electron chi connectivity index (χ1n) is 8.44. The average molecular weight is 331 g/mol. The molecule has 1 saturated heterocycles. The van der Waals surface area contributed by atoms with Crippen molar-refractivity contribution in [1.82, 2.24) is 4.90 Å². The van der Waals surface area contributed by atoms with Crippen molar-refractivity contribution in [3.8, 4) is 0 Å². The maximum atomic E-state index is 11.9. The molecule has 3 rings (SSSR count). The maximum Gasteiger partial charge on any atom is 0.336 e. The Morgan fingerprint density at radius 3 is 2.58 bits per heavy atom. The van der Waals surface area contributed by atoms with Crippen molar-refractivity contribution in [3.05, 3.63) is 45.3 Å². The molecule has 2 heterocycles. The first-order valence-corrected chi connectivity index (χ1v) is 8.44. The molecule has 0 atom stereocenters. The van der Waals surface area contributed by atoms with Crippen molar-refractivity contribution in [3.63, 3.8) is 0 Å². The summed E-state index contributed by atoms with van der Waals surface area (Å²) < 4.78 is 5.36. The molecule has 5 heteroatoms. The molecule has 0 aliphatic carbocycles. The highest BCUT2D eigenvalue weighted by Crippen LogP contribution is 2.31. The molecular formula is C19H25NO4. The van der Waals surface area contributed by atoms with Crippen LogP contribution in [-0.2, 0) is 6.54 Å². The molecule has 1 aromatic carbocycles. The molecule has 24 heavy (non-hydrogen) atoms.